The topological polar surface area (TPSA) is 135 Å². The van der Waals surface area contributed by atoms with E-state index in [0.29, 0.717) is 0 Å². The van der Waals surface area contributed by atoms with Crippen LogP contribution >= 0.6 is 0 Å². The van der Waals surface area contributed by atoms with E-state index in [2.05, 4.69) is 20.1 Å². The smallest absolute Gasteiger partial charge is 0.220 e. The van der Waals surface area contributed by atoms with Crippen LogP contribution < -0.4 is 9.82 Å². The second kappa shape index (κ2) is 4.31. The average Bonchev–Trinajstić information content (AvgIpc) is 2.28. The molecule has 0 unspecified atom stereocenters. The van der Waals surface area contributed by atoms with E-state index >= 15 is 0 Å². The molecule has 0 heterocycles. The SMILES string of the molecule is CC1=C(N=[N+]=N)C(=O)C(C)=C(N=[N+]=N)C1=O. The van der Waals surface area contributed by atoms with Crippen molar-refractivity contribution in [3.05, 3.63) is 22.5 Å². The number of carbonyl (C=O) groups excluding carboxylic acids is 2. The van der Waals surface area contributed by atoms with Crippen LogP contribution in [0.4, 0.5) is 0 Å². The van der Waals surface area contributed by atoms with Gasteiger partial charge in [0.15, 0.2) is 10.2 Å². The Morgan fingerprint density at radius 3 is 1.44 bits per heavy atom. The van der Waals surface area contributed by atoms with Crippen molar-refractivity contribution in [2.45, 2.75) is 13.8 Å². The van der Waals surface area contributed by atoms with Crippen LogP contribution in [0.1, 0.15) is 13.8 Å². The number of nitrogens with one attached hydrogen (secondary N) is 2. The number of rotatable bonds is 2. The Kier molecular flexibility index (Phi) is 3.10. The fourth-order valence-corrected chi connectivity index (χ4v) is 1.25. The molecule has 0 bridgehead atoms. The molecule has 1 aliphatic carbocycles. The normalized spacial score (nSPS) is 15.9. The summed E-state index contributed by atoms with van der Waals surface area (Å²) >= 11 is 0. The van der Waals surface area contributed by atoms with E-state index in [1.807, 2.05) is 0 Å². The maximum absolute atomic E-state index is 11.7. The van der Waals surface area contributed by atoms with Gasteiger partial charge in [0.2, 0.25) is 32.8 Å². The average molecular weight is 220 g/mol. The van der Waals surface area contributed by atoms with Gasteiger partial charge in [0, 0.05) is 11.1 Å². The number of ketones is 2. The molecule has 0 amide bonds. The van der Waals surface area contributed by atoms with Crippen LogP contribution in [0.2, 0.25) is 0 Å². The van der Waals surface area contributed by atoms with Crippen LogP contribution in [0.3, 0.4) is 0 Å². The fraction of sp³-hybridized carbons (Fsp3) is 0.250. The van der Waals surface area contributed by atoms with E-state index in [9.17, 15) is 9.59 Å². The zero-order chi connectivity index (χ0) is 12.3. The third-order valence-electron chi connectivity index (χ3n) is 2.12. The second-order valence-corrected chi connectivity index (χ2v) is 3.01. The first-order valence-electron chi connectivity index (χ1n) is 4.20. The van der Waals surface area contributed by atoms with E-state index in [4.69, 9.17) is 11.1 Å². The van der Waals surface area contributed by atoms with Crippen molar-refractivity contribution in [1.29, 1.82) is 11.1 Å². The van der Waals surface area contributed by atoms with Crippen LogP contribution in [0, 0.1) is 11.1 Å². The lowest BCUT2D eigenvalue weighted by Gasteiger charge is -2.08. The van der Waals surface area contributed by atoms with Crippen LogP contribution in [-0.4, -0.2) is 11.6 Å². The predicted octanol–water partition coefficient (Wildman–Crippen LogP) is 0.787. The lowest BCUT2D eigenvalue weighted by molar-refractivity contribution is -0.116. The van der Waals surface area contributed by atoms with Gasteiger partial charge in [-0.3, -0.25) is 9.59 Å². The first-order valence-corrected chi connectivity index (χ1v) is 4.20. The molecule has 16 heavy (non-hydrogen) atoms. The highest BCUT2D eigenvalue weighted by Gasteiger charge is 2.35. The Balaban J connectivity index is 3.47. The van der Waals surface area contributed by atoms with Gasteiger partial charge in [-0.2, -0.15) is 0 Å². The van der Waals surface area contributed by atoms with Crippen molar-refractivity contribution in [2.24, 2.45) is 10.2 Å². The summed E-state index contributed by atoms with van der Waals surface area (Å²) in [6.45, 7) is 2.77. The Morgan fingerprint density at radius 2 is 1.19 bits per heavy atom. The first kappa shape index (κ1) is 11.5. The van der Waals surface area contributed by atoms with E-state index in [-0.39, 0.29) is 22.5 Å². The maximum Gasteiger partial charge on any atom is 0.220 e. The molecule has 0 saturated carbocycles. The van der Waals surface area contributed by atoms with Crippen molar-refractivity contribution in [3.63, 3.8) is 0 Å². The Bertz CT molecular complexity index is 493. The van der Waals surface area contributed by atoms with Gasteiger partial charge in [0.05, 0.1) is 0 Å². The summed E-state index contributed by atoms with van der Waals surface area (Å²) in [7, 11) is 0. The zero-order valence-electron chi connectivity index (χ0n) is 8.61. The molecule has 80 valence electrons. The molecule has 0 radical (unpaired) electrons. The molecule has 0 spiro atoms. The van der Waals surface area contributed by atoms with E-state index in [0.717, 1.165) is 0 Å². The summed E-state index contributed by atoms with van der Waals surface area (Å²) < 4.78 is 0. The van der Waals surface area contributed by atoms with Gasteiger partial charge in [-0.05, 0) is 13.8 Å². The largest absolute Gasteiger partial charge is 0.287 e. The molecule has 8 heteroatoms. The minimum absolute atomic E-state index is 0.0500. The summed E-state index contributed by atoms with van der Waals surface area (Å²) in [6, 6.07) is 0. The summed E-state index contributed by atoms with van der Waals surface area (Å²) in [5.74, 6) is -1.06. The Hall–Kier alpha value is -2.56. The molecule has 1 aliphatic rings. The highest BCUT2D eigenvalue weighted by molar-refractivity contribution is 6.24. The van der Waals surface area contributed by atoms with Crippen LogP contribution in [0.15, 0.2) is 32.8 Å². The van der Waals surface area contributed by atoms with Crippen molar-refractivity contribution in [2.75, 3.05) is 0 Å². The number of allylic oxidation sites excluding steroid dienone is 2. The molecule has 1 rings (SSSR count). The Labute approximate surface area is 89.5 Å². The summed E-state index contributed by atoms with van der Waals surface area (Å²) in [6.07, 6.45) is 0. The number of nitrogens with zero attached hydrogens (tertiary/aromatic N) is 4. The van der Waals surface area contributed by atoms with Crippen molar-refractivity contribution in [3.8, 4) is 0 Å². The van der Waals surface area contributed by atoms with Crippen LogP contribution in [-0.2, 0) is 9.59 Å². The van der Waals surface area contributed by atoms with Gasteiger partial charge < -0.3 is 0 Å². The molecule has 0 aromatic carbocycles. The zero-order valence-corrected chi connectivity index (χ0v) is 8.61. The van der Waals surface area contributed by atoms with Crippen molar-refractivity contribution in [1.82, 2.24) is 9.82 Å². The van der Waals surface area contributed by atoms with E-state index in [1.165, 1.54) is 13.8 Å². The molecule has 0 aromatic heterocycles. The summed E-state index contributed by atoms with van der Waals surface area (Å²) in [4.78, 5) is 28.8. The van der Waals surface area contributed by atoms with Crippen molar-refractivity contribution >= 4 is 11.6 Å². The molecule has 2 N–H and O–H groups in total. The Morgan fingerprint density at radius 1 is 0.875 bits per heavy atom. The molecule has 0 saturated heterocycles. The maximum atomic E-state index is 11.7. The molecule has 0 aromatic rings. The number of Topliss-reactive ketones (excluding diaryl/α,β-unsaturated/α-hetero) is 2. The molecular weight excluding hydrogens is 212 g/mol. The third kappa shape index (κ3) is 1.66. The standard InChI is InChI=1S/C8H8N6O2/c1-3-5(11-13-9)8(16)4(2)6(7(3)15)12-14-10/h9-10H,1-2H3/q+2. The molecular formula is C8H8N6O2+2. The highest BCUT2D eigenvalue weighted by Crippen LogP contribution is 2.25. The van der Waals surface area contributed by atoms with Gasteiger partial charge in [-0.1, -0.05) is 0 Å². The monoisotopic (exact) mass is 220 g/mol. The van der Waals surface area contributed by atoms with Gasteiger partial charge in [-0.25, -0.2) is 0 Å². The van der Waals surface area contributed by atoms with E-state index < -0.39 is 11.6 Å². The van der Waals surface area contributed by atoms with Crippen LogP contribution in [0.5, 0.6) is 0 Å². The summed E-state index contributed by atoms with van der Waals surface area (Å²) in [5, 5.41) is 6.58. The van der Waals surface area contributed by atoms with Gasteiger partial charge in [0.25, 0.3) is 0 Å². The van der Waals surface area contributed by atoms with E-state index in [1.54, 1.807) is 0 Å². The molecule has 8 nitrogen and oxygen atoms in total. The molecule has 0 atom stereocenters. The van der Waals surface area contributed by atoms with Crippen molar-refractivity contribution < 1.29 is 9.59 Å². The first-order chi connectivity index (χ1) is 7.54. The number of carbonyl (C=O) groups is 2. The minimum Gasteiger partial charge on any atom is -0.287 e. The quantitative estimate of drug-likeness (QED) is 0.404. The summed E-state index contributed by atoms with van der Waals surface area (Å²) in [5.41, 5.74) is 12.9. The van der Waals surface area contributed by atoms with Gasteiger partial charge >= 0.3 is 0 Å². The molecule has 0 fully saturated rings. The minimum atomic E-state index is -0.532. The van der Waals surface area contributed by atoms with Crippen LogP contribution in [0.25, 0.3) is 0 Å². The second-order valence-electron chi connectivity index (χ2n) is 3.01. The third-order valence-corrected chi connectivity index (χ3v) is 2.12. The lowest BCUT2D eigenvalue weighted by Crippen LogP contribution is -2.20. The number of hydrogen-bond donors (Lipinski definition) is 2. The van der Waals surface area contributed by atoms with Gasteiger partial charge in [-0.15, -0.1) is 0 Å². The highest BCUT2D eigenvalue weighted by atomic mass is 16.1. The number of hydrogen-bond acceptors (Lipinski definition) is 6. The molecule has 0 aliphatic heterocycles. The predicted molar refractivity (Wildman–Crippen MR) is 50.0 cm³/mol. The lowest BCUT2D eigenvalue weighted by atomic mass is 9.93. The van der Waals surface area contributed by atoms with Gasteiger partial charge in [0.1, 0.15) is 11.1 Å². The fourth-order valence-electron chi connectivity index (χ4n) is 1.25.